The van der Waals surface area contributed by atoms with Gasteiger partial charge >= 0.3 is 10.2 Å². The second-order valence-electron chi connectivity index (χ2n) is 11.2. The number of non-ortho nitro benzene ring substituents is 1. The SMILES string of the molecule is CC(C)(C)NS(=O)(=O)c1cc(N=Nc2ccc([N+](=O)[O-])cc2S(C)(=O)=O)c2c(NS(=O)(=O)c3cccc(S(=O)(=O)F)c3)cccc2c1O. The number of hydrogen-bond acceptors (Lipinski definition) is 13. The Morgan fingerprint density at radius 3 is 1.98 bits per heavy atom. The van der Waals surface area contributed by atoms with E-state index in [4.69, 9.17) is 0 Å². The summed E-state index contributed by atoms with van der Waals surface area (Å²) in [6.45, 7) is 4.59. The number of rotatable bonds is 10. The number of azo groups is 1. The molecule has 4 rings (SSSR count). The van der Waals surface area contributed by atoms with Crippen LogP contribution in [0.1, 0.15) is 20.8 Å². The molecule has 0 aromatic heterocycles. The summed E-state index contributed by atoms with van der Waals surface area (Å²) < 4.78 is 119. The Kier molecular flexibility index (Phi) is 9.42. The molecule has 0 saturated heterocycles. The molecule has 21 heteroatoms. The molecule has 0 spiro atoms. The number of anilines is 1. The molecule has 0 amide bonds. The minimum absolute atomic E-state index is 0.255. The number of phenolic OH excluding ortho intramolecular Hbond substituents is 1. The normalized spacial score (nSPS) is 13.2. The van der Waals surface area contributed by atoms with Crippen LogP contribution in [0.15, 0.2) is 96.5 Å². The van der Waals surface area contributed by atoms with Crippen molar-refractivity contribution in [3.8, 4) is 5.75 Å². The Hall–Kier alpha value is -4.57. The molecule has 3 N–H and O–H groups in total. The molecule has 0 unspecified atom stereocenters. The highest BCUT2D eigenvalue weighted by Crippen LogP contribution is 2.44. The lowest BCUT2D eigenvalue weighted by Gasteiger charge is -2.22. The van der Waals surface area contributed by atoms with E-state index in [0.29, 0.717) is 6.07 Å². The van der Waals surface area contributed by atoms with Gasteiger partial charge in [-0.15, -0.1) is 14.1 Å². The van der Waals surface area contributed by atoms with Crippen LogP contribution in [0.25, 0.3) is 10.8 Å². The molecule has 0 radical (unpaired) electrons. The molecule has 256 valence electrons. The highest BCUT2D eigenvalue weighted by molar-refractivity contribution is 7.93. The Balaban J connectivity index is 2.02. The number of nitro groups is 1. The van der Waals surface area contributed by atoms with Crippen LogP contribution in [0.2, 0.25) is 0 Å². The predicted molar refractivity (Wildman–Crippen MR) is 172 cm³/mol. The third-order valence-corrected chi connectivity index (χ3v) is 11.3. The van der Waals surface area contributed by atoms with Gasteiger partial charge in [-0.1, -0.05) is 18.2 Å². The van der Waals surface area contributed by atoms with Crippen LogP contribution >= 0.6 is 0 Å². The molecule has 0 aliphatic rings. The van der Waals surface area contributed by atoms with Gasteiger partial charge in [0.1, 0.15) is 21.2 Å². The molecule has 0 aliphatic carbocycles. The first kappa shape index (κ1) is 36.3. The van der Waals surface area contributed by atoms with Gasteiger partial charge in [-0.25, -0.2) is 30.0 Å². The number of fused-ring (bicyclic) bond motifs is 1. The molecule has 0 aliphatic heterocycles. The van der Waals surface area contributed by atoms with Gasteiger partial charge in [0.15, 0.2) is 9.84 Å². The van der Waals surface area contributed by atoms with Crippen LogP contribution in [0.5, 0.6) is 5.75 Å². The average Bonchev–Trinajstić information content (AvgIpc) is 2.94. The van der Waals surface area contributed by atoms with Crippen molar-refractivity contribution in [3.05, 3.63) is 76.8 Å². The van der Waals surface area contributed by atoms with Crippen molar-refractivity contribution in [2.24, 2.45) is 10.2 Å². The number of aromatic hydroxyl groups is 1. The fourth-order valence-corrected chi connectivity index (χ4v) is 8.42. The summed E-state index contributed by atoms with van der Waals surface area (Å²) in [5, 5.41) is 29.8. The van der Waals surface area contributed by atoms with Gasteiger partial charge in [0.25, 0.3) is 15.7 Å². The lowest BCUT2D eigenvalue weighted by Crippen LogP contribution is -2.40. The van der Waals surface area contributed by atoms with Gasteiger partial charge in [0.05, 0.1) is 26.1 Å². The fraction of sp³-hybridized carbons (Fsp3) is 0.185. The van der Waals surface area contributed by atoms with Crippen molar-refractivity contribution in [2.75, 3.05) is 11.0 Å². The Morgan fingerprint density at radius 1 is 0.792 bits per heavy atom. The molecule has 48 heavy (non-hydrogen) atoms. The maximum Gasteiger partial charge on any atom is 0.332 e. The zero-order chi connectivity index (χ0) is 36.0. The van der Waals surface area contributed by atoms with Crippen molar-refractivity contribution in [2.45, 2.75) is 45.9 Å². The Labute approximate surface area is 274 Å². The predicted octanol–water partition coefficient (Wildman–Crippen LogP) is 4.81. The van der Waals surface area contributed by atoms with E-state index in [1.54, 1.807) is 0 Å². The van der Waals surface area contributed by atoms with Gasteiger partial charge in [-0.3, -0.25) is 14.8 Å². The number of hydrogen-bond donors (Lipinski definition) is 3. The van der Waals surface area contributed by atoms with Crippen molar-refractivity contribution in [3.63, 3.8) is 0 Å². The van der Waals surface area contributed by atoms with Crippen molar-refractivity contribution in [1.82, 2.24) is 4.72 Å². The average molecular weight is 744 g/mol. The van der Waals surface area contributed by atoms with Crippen LogP contribution in [-0.2, 0) is 40.1 Å². The number of nitro benzene ring substituents is 1. The van der Waals surface area contributed by atoms with Gasteiger partial charge in [0, 0.05) is 34.7 Å². The van der Waals surface area contributed by atoms with E-state index in [2.05, 4.69) is 19.7 Å². The summed E-state index contributed by atoms with van der Waals surface area (Å²) in [5.41, 5.74) is -2.78. The van der Waals surface area contributed by atoms with E-state index >= 15 is 0 Å². The first-order valence-corrected chi connectivity index (χ1v) is 19.5. The number of benzene rings is 4. The first-order chi connectivity index (χ1) is 21.9. The molecule has 0 atom stereocenters. The van der Waals surface area contributed by atoms with E-state index < -0.39 is 93.0 Å². The van der Waals surface area contributed by atoms with E-state index in [-0.39, 0.29) is 16.5 Å². The van der Waals surface area contributed by atoms with Crippen molar-refractivity contribution in [1.29, 1.82) is 0 Å². The smallest absolute Gasteiger partial charge is 0.332 e. The lowest BCUT2D eigenvalue weighted by atomic mass is 10.1. The minimum Gasteiger partial charge on any atom is -0.506 e. The maximum atomic E-state index is 13.6. The van der Waals surface area contributed by atoms with Crippen LogP contribution in [-0.4, -0.2) is 55.5 Å². The molecule has 0 fully saturated rings. The number of sulfonamides is 2. The summed E-state index contributed by atoms with van der Waals surface area (Å²) in [7, 11) is -18.6. The minimum atomic E-state index is -5.29. The third-order valence-electron chi connectivity index (χ3n) is 6.27. The number of nitrogens with one attached hydrogen (secondary N) is 2. The fourth-order valence-electron chi connectivity index (χ4n) is 4.35. The third kappa shape index (κ3) is 7.93. The van der Waals surface area contributed by atoms with Crippen LogP contribution in [0, 0.1) is 10.1 Å². The summed E-state index contributed by atoms with van der Waals surface area (Å²) in [5.74, 6) is -0.834. The number of phenols is 1. The highest BCUT2D eigenvalue weighted by atomic mass is 32.3. The van der Waals surface area contributed by atoms with Gasteiger partial charge in [-0.05, 0) is 57.2 Å². The Morgan fingerprint density at radius 2 is 1.40 bits per heavy atom. The molecule has 0 saturated carbocycles. The van der Waals surface area contributed by atoms with E-state index in [0.717, 1.165) is 48.7 Å². The van der Waals surface area contributed by atoms with E-state index in [1.165, 1.54) is 39.0 Å². The Bertz CT molecular complexity index is 2460. The molecule has 0 bridgehead atoms. The van der Waals surface area contributed by atoms with Crippen molar-refractivity contribution < 1.29 is 47.6 Å². The highest BCUT2D eigenvalue weighted by Gasteiger charge is 2.29. The molecule has 4 aromatic carbocycles. The second kappa shape index (κ2) is 12.5. The molecule has 4 aromatic rings. The molecular weight excluding hydrogens is 718 g/mol. The van der Waals surface area contributed by atoms with Crippen molar-refractivity contribution >= 4 is 73.6 Å². The number of halogens is 1. The van der Waals surface area contributed by atoms with Crippen LogP contribution < -0.4 is 9.44 Å². The first-order valence-electron chi connectivity index (χ1n) is 13.2. The molecule has 16 nitrogen and oxygen atoms in total. The quantitative estimate of drug-likeness (QED) is 0.0860. The topological polar surface area (TPSA) is 249 Å². The summed E-state index contributed by atoms with van der Waals surface area (Å²) in [6, 6.07) is 10.5. The van der Waals surface area contributed by atoms with Gasteiger partial charge < -0.3 is 5.11 Å². The second-order valence-corrected chi connectivity index (χ2v) is 17.9. The summed E-state index contributed by atoms with van der Waals surface area (Å²) >= 11 is 0. The van der Waals surface area contributed by atoms with Crippen LogP contribution in [0.3, 0.4) is 0 Å². The van der Waals surface area contributed by atoms with Gasteiger partial charge in [0.2, 0.25) is 10.0 Å². The number of nitrogens with zero attached hydrogens (tertiary/aromatic N) is 3. The van der Waals surface area contributed by atoms with Gasteiger partial charge in [-0.2, -0.15) is 8.42 Å². The molecular formula is C27H26FN5O11S4. The summed E-state index contributed by atoms with van der Waals surface area (Å²) in [6.07, 6.45) is 0.764. The van der Waals surface area contributed by atoms with E-state index in [9.17, 15) is 52.8 Å². The molecule has 0 heterocycles. The summed E-state index contributed by atoms with van der Waals surface area (Å²) in [4.78, 5) is 7.49. The monoisotopic (exact) mass is 743 g/mol. The maximum absolute atomic E-state index is 13.6. The van der Waals surface area contributed by atoms with E-state index in [1.807, 2.05) is 0 Å². The number of sulfone groups is 1. The lowest BCUT2D eigenvalue weighted by molar-refractivity contribution is -0.385. The largest absolute Gasteiger partial charge is 0.506 e. The standard InChI is InChI=1S/C27H26FN5O11S4/c1-27(2,3)32-48(43,44)24-15-22(30-29-20-12-11-16(33(35)36)13-23(20)45(4,37)38)25-19(26(24)34)9-6-10-21(25)31-47(41,42)18-8-5-7-17(14-18)46(28,39)40/h5-15,31-32,34H,1-4H3. The zero-order valence-electron chi connectivity index (χ0n) is 25.2. The zero-order valence-corrected chi connectivity index (χ0v) is 28.5. The van der Waals surface area contributed by atoms with Crippen LogP contribution in [0.4, 0.5) is 26.6 Å².